The lowest BCUT2D eigenvalue weighted by molar-refractivity contribution is -0.125. The molecular weight excluding hydrogens is 618 g/mol. The summed E-state index contributed by atoms with van der Waals surface area (Å²) in [5.41, 5.74) is -0.264. The SMILES string of the molecule is COCCCOc1cc(C[C@@H](C[C@H](NC(=O)OC(C)(C)C)[C@@H](O)C[C@@H](C)C(=O)NCCCNC(=O)OC(C)(C)C)C(C)C)ccc1OC. The van der Waals surface area contributed by atoms with Crippen LogP contribution < -0.4 is 25.4 Å². The number of carbonyl (C=O) groups excluding carboxylic acids is 3. The van der Waals surface area contributed by atoms with Crippen LogP contribution in [0.1, 0.15) is 93.6 Å². The van der Waals surface area contributed by atoms with Gasteiger partial charge in [0.05, 0.1) is 25.9 Å². The number of aliphatic hydroxyl groups excluding tert-OH is 1. The molecule has 0 radical (unpaired) electrons. The number of hydrogen-bond donors (Lipinski definition) is 4. The van der Waals surface area contributed by atoms with Crippen molar-refractivity contribution in [3.05, 3.63) is 23.8 Å². The molecule has 0 aromatic heterocycles. The number of carbonyl (C=O) groups is 3. The van der Waals surface area contributed by atoms with Crippen LogP contribution in [-0.2, 0) is 25.4 Å². The summed E-state index contributed by atoms with van der Waals surface area (Å²) < 4.78 is 27.4. The summed E-state index contributed by atoms with van der Waals surface area (Å²) in [6.45, 7) is 18.5. The van der Waals surface area contributed by atoms with Crippen molar-refractivity contribution >= 4 is 18.1 Å². The van der Waals surface area contributed by atoms with E-state index in [0.717, 1.165) is 12.0 Å². The van der Waals surface area contributed by atoms with Crippen LogP contribution in [0.15, 0.2) is 18.2 Å². The predicted octanol–water partition coefficient (Wildman–Crippen LogP) is 5.63. The van der Waals surface area contributed by atoms with E-state index in [2.05, 4.69) is 29.8 Å². The smallest absolute Gasteiger partial charge is 0.407 e. The minimum Gasteiger partial charge on any atom is -0.493 e. The Kier molecular flexibility index (Phi) is 18.7. The zero-order valence-electron chi connectivity index (χ0n) is 31.2. The van der Waals surface area contributed by atoms with Gasteiger partial charge in [-0.05, 0) is 96.8 Å². The van der Waals surface area contributed by atoms with Crippen LogP contribution in [0.2, 0.25) is 0 Å². The molecule has 3 amide bonds. The predicted molar refractivity (Wildman–Crippen MR) is 186 cm³/mol. The molecule has 0 spiro atoms. The van der Waals surface area contributed by atoms with E-state index in [4.69, 9.17) is 23.7 Å². The van der Waals surface area contributed by atoms with Gasteiger partial charge >= 0.3 is 12.2 Å². The van der Waals surface area contributed by atoms with Crippen LogP contribution in [0.25, 0.3) is 0 Å². The molecule has 1 aromatic carbocycles. The molecule has 1 aromatic rings. The van der Waals surface area contributed by atoms with Gasteiger partial charge in [0.25, 0.3) is 0 Å². The van der Waals surface area contributed by atoms with E-state index in [9.17, 15) is 19.5 Å². The molecule has 48 heavy (non-hydrogen) atoms. The highest BCUT2D eigenvalue weighted by Crippen LogP contribution is 2.32. The van der Waals surface area contributed by atoms with Gasteiger partial charge in [0.1, 0.15) is 11.2 Å². The number of benzene rings is 1. The summed E-state index contributed by atoms with van der Waals surface area (Å²) >= 11 is 0. The summed E-state index contributed by atoms with van der Waals surface area (Å²) in [6.07, 6.45) is 0.383. The Balaban J connectivity index is 2.96. The van der Waals surface area contributed by atoms with Crippen molar-refractivity contribution in [1.29, 1.82) is 0 Å². The third-order valence-electron chi connectivity index (χ3n) is 7.51. The standard InChI is InChI=1S/C36H63N3O9/c1-24(2)27(21-26-14-15-30(45-11)31(22-26)46-19-13-18-44-10)23-28(39-34(43)48-36(7,8)9)29(40)20-25(3)32(41)37-16-12-17-38-33(42)47-35(4,5)6/h14-15,22,24-25,27-29,40H,12-13,16-21,23H2,1-11H3,(H,37,41)(H,38,42)(H,39,43)/t25-,27+,28+,29+/m1/s1. The molecule has 12 nitrogen and oxygen atoms in total. The van der Waals surface area contributed by atoms with Gasteiger partial charge in [-0.15, -0.1) is 0 Å². The van der Waals surface area contributed by atoms with Crippen molar-refractivity contribution in [1.82, 2.24) is 16.0 Å². The molecule has 0 aliphatic heterocycles. The Morgan fingerprint density at radius 1 is 0.812 bits per heavy atom. The highest BCUT2D eigenvalue weighted by atomic mass is 16.6. The third-order valence-corrected chi connectivity index (χ3v) is 7.51. The number of hydrogen-bond acceptors (Lipinski definition) is 9. The monoisotopic (exact) mass is 681 g/mol. The maximum absolute atomic E-state index is 12.9. The topological polar surface area (TPSA) is 154 Å². The average Bonchev–Trinajstić information content (AvgIpc) is 2.96. The first-order valence-corrected chi connectivity index (χ1v) is 17.1. The molecule has 1 rings (SSSR count). The second kappa shape index (κ2) is 21.0. The van der Waals surface area contributed by atoms with E-state index in [1.165, 1.54) is 0 Å². The van der Waals surface area contributed by atoms with Crippen molar-refractivity contribution < 1.29 is 43.2 Å². The second-order valence-corrected chi connectivity index (χ2v) is 14.7. The van der Waals surface area contributed by atoms with Crippen LogP contribution in [0, 0.1) is 17.8 Å². The molecule has 0 aliphatic carbocycles. The highest BCUT2D eigenvalue weighted by molar-refractivity contribution is 5.78. The second-order valence-electron chi connectivity index (χ2n) is 14.7. The van der Waals surface area contributed by atoms with Gasteiger partial charge in [-0.25, -0.2) is 9.59 Å². The number of aliphatic hydroxyl groups is 1. The summed E-state index contributed by atoms with van der Waals surface area (Å²) in [4.78, 5) is 37.6. The maximum atomic E-state index is 12.9. The molecule has 4 atom stereocenters. The van der Waals surface area contributed by atoms with Crippen LogP contribution in [0.4, 0.5) is 9.59 Å². The van der Waals surface area contributed by atoms with Crippen molar-refractivity contribution in [3.8, 4) is 11.5 Å². The normalized spacial score (nSPS) is 14.4. The van der Waals surface area contributed by atoms with Crippen LogP contribution >= 0.6 is 0 Å². The Hall–Kier alpha value is -3.25. The number of rotatable bonds is 20. The number of nitrogens with one attached hydrogen (secondary N) is 3. The van der Waals surface area contributed by atoms with Gasteiger partial charge in [0.15, 0.2) is 11.5 Å². The molecule has 0 saturated heterocycles. The quantitative estimate of drug-likeness (QED) is 0.128. The van der Waals surface area contributed by atoms with E-state index in [0.29, 0.717) is 57.1 Å². The number of ether oxygens (including phenoxy) is 5. The molecule has 0 fully saturated rings. The molecule has 276 valence electrons. The fourth-order valence-electron chi connectivity index (χ4n) is 4.95. The molecule has 4 N–H and O–H groups in total. The van der Waals surface area contributed by atoms with Crippen LogP contribution in [0.3, 0.4) is 0 Å². The van der Waals surface area contributed by atoms with Gasteiger partial charge in [0.2, 0.25) is 5.91 Å². The van der Waals surface area contributed by atoms with Crippen LogP contribution in [0.5, 0.6) is 11.5 Å². The third kappa shape index (κ3) is 18.3. The molecule has 0 saturated carbocycles. The average molecular weight is 682 g/mol. The Morgan fingerprint density at radius 2 is 1.44 bits per heavy atom. The highest BCUT2D eigenvalue weighted by Gasteiger charge is 2.31. The first-order chi connectivity index (χ1) is 22.3. The molecule has 0 heterocycles. The van der Waals surface area contributed by atoms with Crippen molar-refractivity contribution in [3.63, 3.8) is 0 Å². The van der Waals surface area contributed by atoms with Crippen molar-refractivity contribution in [2.75, 3.05) is 40.5 Å². The zero-order chi connectivity index (χ0) is 36.5. The Morgan fingerprint density at radius 3 is 2.02 bits per heavy atom. The summed E-state index contributed by atoms with van der Waals surface area (Å²) in [5, 5.41) is 19.9. The lowest BCUT2D eigenvalue weighted by atomic mass is 9.82. The van der Waals surface area contributed by atoms with E-state index >= 15 is 0 Å². The largest absolute Gasteiger partial charge is 0.493 e. The fourth-order valence-corrected chi connectivity index (χ4v) is 4.95. The van der Waals surface area contributed by atoms with Crippen molar-refractivity contribution in [2.45, 2.75) is 118 Å². The fraction of sp³-hybridized carbons (Fsp3) is 0.750. The number of methoxy groups -OCH3 is 2. The van der Waals surface area contributed by atoms with Gasteiger partial charge in [-0.3, -0.25) is 4.79 Å². The number of amides is 3. The van der Waals surface area contributed by atoms with Gasteiger partial charge in [0, 0.05) is 39.1 Å². The molecular formula is C36H63N3O9. The minimum atomic E-state index is -1.01. The lowest BCUT2D eigenvalue weighted by Crippen LogP contribution is -2.48. The molecule has 0 bridgehead atoms. The zero-order valence-corrected chi connectivity index (χ0v) is 31.2. The Labute approximate surface area is 288 Å². The van der Waals surface area contributed by atoms with E-state index in [1.807, 2.05) is 18.2 Å². The Bertz CT molecular complexity index is 1110. The first-order valence-electron chi connectivity index (χ1n) is 17.1. The maximum Gasteiger partial charge on any atom is 0.407 e. The minimum absolute atomic E-state index is 0.0657. The van der Waals surface area contributed by atoms with Gasteiger partial charge < -0.3 is 44.7 Å². The molecule has 0 aliphatic rings. The van der Waals surface area contributed by atoms with Crippen LogP contribution in [-0.4, -0.2) is 87.1 Å². The van der Waals surface area contributed by atoms with Gasteiger partial charge in [-0.1, -0.05) is 26.8 Å². The van der Waals surface area contributed by atoms with E-state index in [-0.39, 0.29) is 24.2 Å². The molecule has 0 unspecified atom stereocenters. The molecule has 12 heteroatoms. The first kappa shape index (κ1) is 42.8. The number of alkyl carbamates (subject to hydrolysis) is 2. The van der Waals surface area contributed by atoms with E-state index < -0.39 is 41.5 Å². The van der Waals surface area contributed by atoms with Crippen molar-refractivity contribution in [2.24, 2.45) is 17.8 Å². The lowest BCUT2D eigenvalue weighted by Gasteiger charge is -2.32. The van der Waals surface area contributed by atoms with Gasteiger partial charge in [-0.2, -0.15) is 0 Å². The summed E-state index contributed by atoms with van der Waals surface area (Å²) in [6, 6.07) is 5.20. The van der Waals surface area contributed by atoms with E-state index in [1.54, 1.807) is 62.7 Å². The summed E-state index contributed by atoms with van der Waals surface area (Å²) in [5.74, 6) is 0.818. The summed E-state index contributed by atoms with van der Waals surface area (Å²) in [7, 11) is 3.26.